The summed E-state index contributed by atoms with van der Waals surface area (Å²) in [5.41, 5.74) is 1.52. The van der Waals surface area contributed by atoms with Crippen LogP contribution in [0.25, 0.3) is 0 Å². The van der Waals surface area contributed by atoms with Gasteiger partial charge in [0.1, 0.15) is 0 Å². The van der Waals surface area contributed by atoms with Crippen molar-refractivity contribution >= 4 is 5.97 Å². The Hall–Kier alpha value is -2.17. The zero-order valence-electron chi connectivity index (χ0n) is 10.3. The largest absolute Gasteiger partial charge is 0.465 e. The molecule has 1 unspecified atom stereocenters. The normalized spacial score (nSPS) is 12.3. The van der Waals surface area contributed by atoms with Crippen LogP contribution in [-0.2, 0) is 4.74 Å². The first-order valence-electron chi connectivity index (χ1n) is 5.53. The lowest BCUT2D eigenvalue weighted by Gasteiger charge is -2.09. The number of nitrogens with zero attached hydrogens (tertiary/aromatic N) is 1. The van der Waals surface area contributed by atoms with Gasteiger partial charge in [-0.1, -0.05) is 19.1 Å². The smallest absolute Gasteiger partial charge is 0.337 e. The van der Waals surface area contributed by atoms with Gasteiger partial charge in [0.05, 0.1) is 17.6 Å². The van der Waals surface area contributed by atoms with Crippen LogP contribution in [0.15, 0.2) is 36.5 Å². The molecule has 1 rings (SSSR count). The molecule has 0 saturated carbocycles. The number of rotatable bonds is 5. The maximum Gasteiger partial charge on any atom is 0.337 e. The molecular weight excluding hydrogens is 234 g/mol. The standard InChI is InChI=1S/C13H15NO4/c1-10(4-3-9-14(16)17)11-5-7-12(8-6-11)13(15)18-2/h3,5-10H,4H2,1-2H3. The third kappa shape index (κ3) is 4.01. The molecule has 0 saturated heterocycles. The predicted octanol–water partition coefficient (Wildman–Crippen LogP) is 2.76. The molecule has 0 aromatic heterocycles. The van der Waals surface area contributed by atoms with E-state index in [4.69, 9.17) is 0 Å². The van der Waals surface area contributed by atoms with Crippen LogP contribution in [0.5, 0.6) is 0 Å². The molecule has 1 atom stereocenters. The Bertz CT molecular complexity index is 451. The average molecular weight is 249 g/mol. The zero-order valence-corrected chi connectivity index (χ0v) is 10.3. The highest BCUT2D eigenvalue weighted by molar-refractivity contribution is 5.89. The molecule has 0 aliphatic rings. The van der Waals surface area contributed by atoms with Gasteiger partial charge in [0.15, 0.2) is 0 Å². The van der Waals surface area contributed by atoms with E-state index >= 15 is 0 Å². The summed E-state index contributed by atoms with van der Waals surface area (Å²) in [6.07, 6.45) is 3.05. The van der Waals surface area contributed by atoms with Gasteiger partial charge in [0, 0.05) is 0 Å². The summed E-state index contributed by atoms with van der Waals surface area (Å²) >= 11 is 0. The molecule has 96 valence electrons. The molecule has 1 aromatic carbocycles. The highest BCUT2D eigenvalue weighted by atomic mass is 16.6. The van der Waals surface area contributed by atoms with Gasteiger partial charge in [-0.3, -0.25) is 10.1 Å². The van der Waals surface area contributed by atoms with E-state index in [9.17, 15) is 14.9 Å². The maximum atomic E-state index is 11.2. The Morgan fingerprint density at radius 3 is 2.56 bits per heavy atom. The quantitative estimate of drug-likeness (QED) is 0.457. The molecule has 5 nitrogen and oxygen atoms in total. The van der Waals surface area contributed by atoms with Crippen LogP contribution in [0.1, 0.15) is 35.2 Å². The molecular formula is C13H15NO4. The number of carbonyl (C=O) groups excluding carboxylic acids is 1. The van der Waals surface area contributed by atoms with Gasteiger partial charge in [0.2, 0.25) is 6.20 Å². The third-order valence-electron chi connectivity index (χ3n) is 2.62. The second-order valence-corrected chi connectivity index (χ2v) is 3.92. The fourth-order valence-electron chi connectivity index (χ4n) is 1.55. The van der Waals surface area contributed by atoms with Crippen molar-refractivity contribution in [1.82, 2.24) is 0 Å². The van der Waals surface area contributed by atoms with Gasteiger partial charge in [-0.15, -0.1) is 0 Å². The number of esters is 1. The Morgan fingerprint density at radius 2 is 2.06 bits per heavy atom. The van der Waals surface area contributed by atoms with E-state index in [0.29, 0.717) is 12.0 Å². The van der Waals surface area contributed by atoms with Crippen LogP contribution in [0, 0.1) is 10.1 Å². The van der Waals surface area contributed by atoms with E-state index in [2.05, 4.69) is 4.74 Å². The first kappa shape index (κ1) is 13.9. The Kier molecular flexibility index (Phi) is 5.05. The molecule has 0 bridgehead atoms. The summed E-state index contributed by atoms with van der Waals surface area (Å²) in [4.78, 5) is 20.9. The van der Waals surface area contributed by atoms with Gasteiger partial charge < -0.3 is 4.74 Å². The second kappa shape index (κ2) is 6.54. The molecule has 0 amide bonds. The number of hydrogen-bond donors (Lipinski definition) is 0. The monoisotopic (exact) mass is 249 g/mol. The predicted molar refractivity (Wildman–Crippen MR) is 66.9 cm³/mol. The van der Waals surface area contributed by atoms with Crippen molar-refractivity contribution in [2.24, 2.45) is 0 Å². The molecule has 18 heavy (non-hydrogen) atoms. The summed E-state index contributed by atoms with van der Waals surface area (Å²) < 4.78 is 4.60. The van der Waals surface area contributed by atoms with E-state index in [1.165, 1.54) is 13.2 Å². The first-order chi connectivity index (χ1) is 8.54. The molecule has 0 heterocycles. The van der Waals surface area contributed by atoms with Gasteiger partial charge in [-0.2, -0.15) is 0 Å². The summed E-state index contributed by atoms with van der Waals surface area (Å²) in [7, 11) is 1.33. The Balaban J connectivity index is 2.67. The first-order valence-corrected chi connectivity index (χ1v) is 5.53. The highest BCUT2D eigenvalue weighted by Gasteiger charge is 2.07. The van der Waals surface area contributed by atoms with Crippen LogP contribution in [-0.4, -0.2) is 18.0 Å². The molecule has 0 aliphatic heterocycles. The summed E-state index contributed by atoms with van der Waals surface area (Å²) in [6.45, 7) is 1.97. The molecule has 0 fully saturated rings. The van der Waals surface area contributed by atoms with Crippen molar-refractivity contribution in [3.63, 3.8) is 0 Å². The second-order valence-electron chi connectivity index (χ2n) is 3.92. The zero-order chi connectivity index (χ0) is 13.5. The highest BCUT2D eigenvalue weighted by Crippen LogP contribution is 2.20. The van der Waals surface area contributed by atoms with Crippen LogP contribution < -0.4 is 0 Å². The van der Waals surface area contributed by atoms with Crippen molar-refractivity contribution < 1.29 is 14.5 Å². The minimum Gasteiger partial charge on any atom is -0.465 e. The lowest BCUT2D eigenvalue weighted by atomic mass is 9.97. The SMILES string of the molecule is COC(=O)c1ccc(C(C)CC=C[N+](=O)[O-])cc1. The molecule has 1 aromatic rings. The van der Waals surface area contributed by atoms with E-state index in [1.807, 2.05) is 19.1 Å². The number of carbonyl (C=O) groups is 1. The molecule has 5 heteroatoms. The minimum atomic E-state index is -0.479. The summed E-state index contributed by atoms with van der Waals surface area (Å²) in [5.74, 6) is -0.213. The molecule has 0 spiro atoms. The fourth-order valence-corrected chi connectivity index (χ4v) is 1.55. The van der Waals surface area contributed by atoms with Gasteiger partial charge in [-0.05, 0) is 36.1 Å². The number of benzene rings is 1. The summed E-state index contributed by atoms with van der Waals surface area (Å²) in [5, 5.41) is 10.1. The number of hydrogen-bond acceptors (Lipinski definition) is 4. The van der Waals surface area contributed by atoms with E-state index in [1.54, 1.807) is 12.1 Å². The minimum absolute atomic E-state index is 0.160. The van der Waals surface area contributed by atoms with E-state index < -0.39 is 4.92 Å². The third-order valence-corrected chi connectivity index (χ3v) is 2.62. The van der Waals surface area contributed by atoms with Gasteiger partial charge in [-0.25, -0.2) is 4.79 Å². The van der Waals surface area contributed by atoms with Crippen molar-refractivity contribution in [2.45, 2.75) is 19.3 Å². The summed E-state index contributed by atoms with van der Waals surface area (Å²) in [6, 6.07) is 7.04. The van der Waals surface area contributed by atoms with E-state index in [0.717, 1.165) is 11.8 Å². The van der Waals surface area contributed by atoms with Crippen LogP contribution in [0.3, 0.4) is 0 Å². The number of ether oxygens (including phenoxy) is 1. The van der Waals surface area contributed by atoms with E-state index in [-0.39, 0.29) is 11.9 Å². The number of methoxy groups -OCH3 is 1. The van der Waals surface area contributed by atoms with Gasteiger partial charge >= 0.3 is 5.97 Å². The molecule has 0 radical (unpaired) electrons. The van der Waals surface area contributed by atoms with Crippen LogP contribution in [0.4, 0.5) is 0 Å². The maximum absolute atomic E-state index is 11.2. The molecule has 0 aliphatic carbocycles. The topological polar surface area (TPSA) is 69.4 Å². The lowest BCUT2D eigenvalue weighted by molar-refractivity contribution is -0.402. The molecule has 0 N–H and O–H groups in total. The van der Waals surface area contributed by atoms with Crippen molar-refractivity contribution in [1.29, 1.82) is 0 Å². The van der Waals surface area contributed by atoms with Crippen molar-refractivity contribution in [2.75, 3.05) is 7.11 Å². The Labute approximate surface area is 105 Å². The fraction of sp³-hybridized carbons (Fsp3) is 0.308. The van der Waals surface area contributed by atoms with Crippen molar-refractivity contribution in [3.8, 4) is 0 Å². The van der Waals surface area contributed by atoms with Crippen molar-refractivity contribution in [3.05, 3.63) is 57.8 Å². The van der Waals surface area contributed by atoms with Gasteiger partial charge in [0.25, 0.3) is 0 Å². The van der Waals surface area contributed by atoms with Crippen LogP contribution in [0.2, 0.25) is 0 Å². The average Bonchev–Trinajstić information content (AvgIpc) is 2.37. The Morgan fingerprint density at radius 1 is 1.44 bits per heavy atom. The number of nitro groups is 1. The van der Waals surface area contributed by atoms with Crippen LogP contribution >= 0.6 is 0 Å². The lowest BCUT2D eigenvalue weighted by Crippen LogP contribution is -2.01. The number of allylic oxidation sites excluding steroid dienone is 1.